The zero-order chi connectivity index (χ0) is 18.1. The van der Waals surface area contributed by atoms with Gasteiger partial charge in [0, 0.05) is 0 Å². The van der Waals surface area contributed by atoms with Gasteiger partial charge in [-0.3, -0.25) is 0 Å². The van der Waals surface area contributed by atoms with Crippen LogP contribution in [0.1, 0.15) is 40.0 Å². The molecule has 4 rings (SSSR count). The van der Waals surface area contributed by atoms with Gasteiger partial charge in [0.25, 0.3) is 5.60 Å². The lowest BCUT2D eigenvalue weighted by Gasteiger charge is -2.36. The Morgan fingerprint density at radius 3 is 2.00 bits per heavy atom. The molecule has 1 nitrogen and oxygen atoms in total. The third-order valence-electron chi connectivity index (χ3n) is 8.23. The monoisotopic (exact) mass is 356 g/mol. The zero-order valence-electron chi connectivity index (χ0n) is 13.8. The lowest BCUT2D eigenvalue weighted by atomic mass is 9.78. The van der Waals surface area contributed by atoms with Gasteiger partial charge in [0.1, 0.15) is 0 Å². The summed E-state index contributed by atoms with van der Waals surface area (Å²) >= 11 is 0. The van der Waals surface area contributed by atoms with E-state index in [4.69, 9.17) is 0 Å². The van der Waals surface area contributed by atoms with Crippen molar-refractivity contribution in [3.63, 3.8) is 0 Å². The fourth-order valence-corrected chi connectivity index (χ4v) is 7.19. The molecule has 7 heteroatoms. The molecular weight excluding hydrogens is 334 g/mol. The lowest BCUT2D eigenvalue weighted by Crippen LogP contribution is -2.58. The Bertz CT molecular complexity index is 565. The van der Waals surface area contributed by atoms with Crippen molar-refractivity contribution in [2.24, 2.45) is 46.3 Å². The van der Waals surface area contributed by atoms with Crippen LogP contribution in [0.25, 0.3) is 0 Å². The molecule has 4 saturated carbocycles. The fraction of sp³-hybridized carbons (Fsp3) is 1.00. The molecule has 4 fully saturated rings. The number of aliphatic hydroxyl groups is 1. The molecule has 2 bridgehead atoms. The van der Waals surface area contributed by atoms with Crippen molar-refractivity contribution in [1.29, 1.82) is 0 Å². The van der Waals surface area contributed by atoms with Crippen molar-refractivity contribution >= 4 is 0 Å². The van der Waals surface area contributed by atoms with Crippen LogP contribution in [0.3, 0.4) is 0 Å². The number of fused-ring (bicyclic) bond motifs is 4. The van der Waals surface area contributed by atoms with Crippen LogP contribution in [0, 0.1) is 46.3 Å². The van der Waals surface area contributed by atoms with Crippen molar-refractivity contribution < 1.29 is 31.4 Å². The fourth-order valence-electron chi connectivity index (χ4n) is 7.19. The van der Waals surface area contributed by atoms with E-state index < -0.39 is 35.7 Å². The van der Waals surface area contributed by atoms with Crippen LogP contribution in [-0.2, 0) is 0 Å². The maximum absolute atomic E-state index is 13.1. The summed E-state index contributed by atoms with van der Waals surface area (Å²) in [6, 6.07) is 0. The predicted molar refractivity (Wildman–Crippen MR) is 73.7 cm³/mol. The van der Waals surface area contributed by atoms with Gasteiger partial charge in [-0.25, -0.2) is 0 Å². The molecule has 4 aliphatic rings. The van der Waals surface area contributed by atoms with Gasteiger partial charge < -0.3 is 5.11 Å². The smallest absolute Gasteiger partial charge is 0.374 e. The van der Waals surface area contributed by atoms with Crippen LogP contribution in [0.2, 0.25) is 0 Å². The maximum atomic E-state index is 13.1. The van der Waals surface area contributed by atoms with Gasteiger partial charge in [0.05, 0.1) is 0 Å². The van der Waals surface area contributed by atoms with Crippen molar-refractivity contribution in [1.82, 2.24) is 0 Å². The first-order chi connectivity index (χ1) is 10.7. The summed E-state index contributed by atoms with van der Waals surface area (Å²) < 4.78 is 78.4. The first kappa shape index (κ1) is 17.0. The van der Waals surface area contributed by atoms with Gasteiger partial charge in [-0.2, -0.15) is 26.3 Å². The number of halogens is 6. The van der Waals surface area contributed by atoms with E-state index in [1.165, 1.54) is 0 Å². The number of hydrogen-bond acceptors (Lipinski definition) is 1. The number of hydrogen-bond donors (Lipinski definition) is 1. The molecule has 1 N–H and O–H groups in total. The van der Waals surface area contributed by atoms with Crippen LogP contribution < -0.4 is 0 Å². The molecule has 1 spiro atoms. The summed E-state index contributed by atoms with van der Waals surface area (Å²) in [6.07, 6.45) is -11.5. The van der Waals surface area contributed by atoms with Crippen LogP contribution in [0.15, 0.2) is 0 Å². The molecule has 24 heavy (non-hydrogen) atoms. The van der Waals surface area contributed by atoms with Gasteiger partial charge in [-0.1, -0.05) is 20.8 Å². The molecule has 0 saturated heterocycles. The Balaban J connectivity index is 1.64. The summed E-state index contributed by atoms with van der Waals surface area (Å²) in [5, 5.41) is 9.61. The summed E-state index contributed by atoms with van der Waals surface area (Å²) in [5.41, 5.74) is -4.84. The van der Waals surface area contributed by atoms with Gasteiger partial charge in [-0.15, -0.1) is 0 Å². The molecule has 138 valence electrons. The minimum Gasteiger partial charge on any atom is -0.374 e. The van der Waals surface area contributed by atoms with Crippen LogP contribution >= 0.6 is 0 Å². The van der Waals surface area contributed by atoms with E-state index in [1.807, 2.05) is 6.92 Å². The summed E-state index contributed by atoms with van der Waals surface area (Å²) in [7, 11) is 0. The molecule has 0 aliphatic heterocycles. The minimum absolute atomic E-state index is 0.162. The van der Waals surface area contributed by atoms with Gasteiger partial charge in [0.2, 0.25) is 0 Å². The maximum Gasteiger partial charge on any atom is 0.426 e. The second kappa shape index (κ2) is 4.09. The Labute approximate surface area is 136 Å². The molecule has 7 atom stereocenters. The predicted octanol–water partition coefficient (Wildman–Crippen LogP) is 4.80. The Morgan fingerprint density at radius 1 is 0.958 bits per heavy atom. The van der Waals surface area contributed by atoms with Crippen molar-refractivity contribution in [3.8, 4) is 0 Å². The van der Waals surface area contributed by atoms with Crippen LogP contribution in [0.5, 0.6) is 0 Å². The minimum atomic E-state index is -5.70. The average Bonchev–Trinajstić information content (AvgIpc) is 3.12. The SMILES string of the molecule is CC1C2C3C(C4CC(CC(O)(C(F)(F)F)C(F)(F)F)C12C4)C3(C)C. The van der Waals surface area contributed by atoms with Gasteiger partial charge >= 0.3 is 12.4 Å². The van der Waals surface area contributed by atoms with Gasteiger partial charge in [-0.05, 0) is 65.6 Å². The molecule has 0 heterocycles. The number of alkyl halides is 6. The lowest BCUT2D eigenvalue weighted by molar-refractivity contribution is -0.373. The third-order valence-corrected chi connectivity index (χ3v) is 8.23. The molecular formula is C17H22F6O. The van der Waals surface area contributed by atoms with Crippen molar-refractivity contribution in [3.05, 3.63) is 0 Å². The summed E-state index contributed by atoms with van der Waals surface area (Å²) in [6.45, 7) is 6.30. The first-order valence-corrected chi connectivity index (χ1v) is 8.55. The highest BCUT2D eigenvalue weighted by molar-refractivity contribution is 5.31. The summed E-state index contributed by atoms with van der Waals surface area (Å²) in [4.78, 5) is 0. The standard InChI is InChI=1S/C17H22F6O/c1-7-10-12-11(13(12,2)3)8-4-9(14(7,10)5-8)6-15(24,16(18,19)20)17(21,22)23/h7-12,24H,4-6H2,1-3H3. The quantitative estimate of drug-likeness (QED) is 0.705. The normalized spacial score (nSPS) is 48.8. The molecule has 0 aromatic carbocycles. The van der Waals surface area contributed by atoms with E-state index in [0.29, 0.717) is 18.3 Å². The largest absolute Gasteiger partial charge is 0.426 e. The van der Waals surface area contributed by atoms with E-state index in [1.54, 1.807) is 0 Å². The first-order valence-electron chi connectivity index (χ1n) is 8.55. The van der Waals surface area contributed by atoms with E-state index in [9.17, 15) is 31.4 Å². The van der Waals surface area contributed by atoms with Crippen molar-refractivity contribution in [2.45, 2.75) is 58.0 Å². The van der Waals surface area contributed by atoms with E-state index in [2.05, 4.69) is 13.8 Å². The molecule has 0 aromatic rings. The molecule has 0 amide bonds. The van der Waals surface area contributed by atoms with Crippen molar-refractivity contribution in [2.75, 3.05) is 0 Å². The Hall–Kier alpha value is -0.460. The van der Waals surface area contributed by atoms with E-state index >= 15 is 0 Å². The third kappa shape index (κ3) is 1.68. The topological polar surface area (TPSA) is 20.2 Å². The van der Waals surface area contributed by atoms with E-state index in [-0.39, 0.29) is 23.2 Å². The van der Waals surface area contributed by atoms with Crippen LogP contribution in [-0.4, -0.2) is 23.1 Å². The van der Waals surface area contributed by atoms with E-state index in [0.717, 1.165) is 6.42 Å². The number of rotatable bonds is 2. The Kier molecular flexibility index (Phi) is 2.90. The molecule has 4 aliphatic carbocycles. The highest BCUT2D eigenvalue weighted by Crippen LogP contribution is 2.89. The molecule has 7 unspecified atom stereocenters. The molecule has 0 aromatic heterocycles. The van der Waals surface area contributed by atoms with Crippen LogP contribution in [0.4, 0.5) is 26.3 Å². The second-order valence-corrected chi connectivity index (χ2v) is 9.26. The highest BCUT2D eigenvalue weighted by atomic mass is 19.4. The highest BCUT2D eigenvalue weighted by Gasteiger charge is 2.85. The molecule has 0 radical (unpaired) electrons. The summed E-state index contributed by atoms with van der Waals surface area (Å²) in [5.74, 6) is 0.764. The Morgan fingerprint density at radius 2 is 1.50 bits per heavy atom. The zero-order valence-corrected chi connectivity index (χ0v) is 13.8. The van der Waals surface area contributed by atoms with Gasteiger partial charge in [0.15, 0.2) is 0 Å². The average molecular weight is 356 g/mol. The second-order valence-electron chi connectivity index (χ2n) is 9.26.